The molecule has 2 aromatic carbocycles. The molecular weight excluding hydrogens is 342 g/mol. The molecule has 0 radical (unpaired) electrons. The van der Waals surface area contributed by atoms with E-state index in [1.54, 1.807) is 12.1 Å². The monoisotopic (exact) mass is 363 g/mol. The van der Waals surface area contributed by atoms with Crippen LogP contribution in [0.15, 0.2) is 47.4 Å². The second kappa shape index (κ2) is 6.85. The smallest absolute Gasteiger partial charge is 0.294 e. The summed E-state index contributed by atoms with van der Waals surface area (Å²) in [6.45, 7) is 6.23. The maximum atomic E-state index is 12.4. The van der Waals surface area contributed by atoms with E-state index >= 15 is 0 Å². The second-order valence-corrected chi connectivity index (χ2v) is 8.04. The quantitative estimate of drug-likeness (QED) is 0.811. The van der Waals surface area contributed by atoms with Crippen LogP contribution in [0.25, 0.3) is 0 Å². The Balaban J connectivity index is 2.31. The Morgan fingerprint density at radius 1 is 1.08 bits per heavy atom. The SMILES string of the molecule is COc1ccc(S(=O)(=O)O)cc1NC(=O)c1ccc(C(C)(C)C)cc1. The van der Waals surface area contributed by atoms with Crippen LogP contribution in [0.3, 0.4) is 0 Å². The maximum absolute atomic E-state index is 12.4. The van der Waals surface area contributed by atoms with Gasteiger partial charge in [0.05, 0.1) is 17.7 Å². The topological polar surface area (TPSA) is 92.7 Å². The lowest BCUT2D eigenvalue weighted by Crippen LogP contribution is -2.15. The molecule has 25 heavy (non-hydrogen) atoms. The molecule has 0 heterocycles. The van der Waals surface area contributed by atoms with Gasteiger partial charge in [0, 0.05) is 5.56 Å². The molecule has 0 fully saturated rings. The first-order valence-electron chi connectivity index (χ1n) is 7.60. The van der Waals surface area contributed by atoms with Crippen LogP contribution in [0, 0.1) is 0 Å². The molecule has 2 N–H and O–H groups in total. The van der Waals surface area contributed by atoms with Crippen LogP contribution in [0.1, 0.15) is 36.7 Å². The number of ether oxygens (including phenoxy) is 1. The van der Waals surface area contributed by atoms with Crippen LogP contribution < -0.4 is 10.1 Å². The van der Waals surface area contributed by atoms with Crippen molar-refractivity contribution in [2.75, 3.05) is 12.4 Å². The van der Waals surface area contributed by atoms with Gasteiger partial charge < -0.3 is 10.1 Å². The molecule has 0 saturated heterocycles. The molecule has 0 aromatic heterocycles. The van der Waals surface area contributed by atoms with Gasteiger partial charge in [-0.15, -0.1) is 0 Å². The molecule has 0 spiro atoms. The fourth-order valence-corrected chi connectivity index (χ4v) is 2.77. The van der Waals surface area contributed by atoms with Crippen molar-refractivity contribution in [1.82, 2.24) is 0 Å². The van der Waals surface area contributed by atoms with Gasteiger partial charge in [-0.3, -0.25) is 9.35 Å². The fourth-order valence-electron chi connectivity index (χ4n) is 2.26. The maximum Gasteiger partial charge on any atom is 0.294 e. The Labute approximate surface area is 147 Å². The molecule has 1 amide bonds. The Kier molecular flexibility index (Phi) is 5.20. The molecule has 7 heteroatoms. The Hall–Kier alpha value is -2.38. The second-order valence-electron chi connectivity index (χ2n) is 6.62. The first kappa shape index (κ1) is 19.0. The molecule has 0 atom stereocenters. The van der Waals surface area contributed by atoms with Gasteiger partial charge in [0.1, 0.15) is 5.75 Å². The van der Waals surface area contributed by atoms with E-state index in [9.17, 15) is 13.2 Å². The van der Waals surface area contributed by atoms with E-state index in [0.717, 1.165) is 11.6 Å². The number of hydrogen-bond acceptors (Lipinski definition) is 4. The van der Waals surface area contributed by atoms with Crippen molar-refractivity contribution in [2.45, 2.75) is 31.1 Å². The van der Waals surface area contributed by atoms with Gasteiger partial charge in [0.25, 0.3) is 16.0 Å². The molecule has 134 valence electrons. The third-order valence-corrected chi connectivity index (χ3v) is 4.58. The lowest BCUT2D eigenvalue weighted by Gasteiger charge is -2.19. The van der Waals surface area contributed by atoms with Crippen molar-refractivity contribution in [2.24, 2.45) is 0 Å². The highest BCUT2D eigenvalue weighted by atomic mass is 32.2. The molecule has 0 unspecified atom stereocenters. The van der Waals surface area contributed by atoms with Crippen molar-refractivity contribution in [3.8, 4) is 5.75 Å². The highest BCUT2D eigenvalue weighted by molar-refractivity contribution is 7.85. The summed E-state index contributed by atoms with van der Waals surface area (Å²) in [7, 11) is -2.98. The summed E-state index contributed by atoms with van der Waals surface area (Å²) in [6, 6.07) is 10.9. The minimum atomic E-state index is -4.38. The van der Waals surface area contributed by atoms with Crippen LogP contribution in [0.5, 0.6) is 5.75 Å². The van der Waals surface area contributed by atoms with Gasteiger partial charge in [-0.25, -0.2) is 0 Å². The van der Waals surface area contributed by atoms with Crippen molar-refractivity contribution in [3.63, 3.8) is 0 Å². The number of carbonyl (C=O) groups is 1. The zero-order valence-electron chi connectivity index (χ0n) is 14.5. The minimum Gasteiger partial charge on any atom is -0.495 e. The van der Waals surface area contributed by atoms with Gasteiger partial charge in [-0.05, 0) is 41.3 Å². The summed E-state index contributed by atoms with van der Waals surface area (Å²) >= 11 is 0. The highest BCUT2D eigenvalue weighted by Gasteiger charge is 2.17. The van der Waals surface area contributed by atoms with E-state index in [-0.39, 0.29) is 21.7 Å². The lowest BCUT2D eigenvalue weighted by molar-refractivity contribution is 0.102. The number of amides is 1. The van der Waals surface area contributed by atoms with Crippen LogP contribution >= 0.6 is 0 Å². The van der Waals surface area contributed by atoms with Crippen molar-refractivity contribution in [1.29, 1.82) is 0 Å². The van der Waals surface area contributed by atoms with E-state index < -0.39 is 16.0 Å². The third-order valence-electron chi connectivity index (χ3n) is 3.73. The fraction of sp³-hybridized carbons (Fsp3) is 0.278. The predicted molar refractivity (Wildman–Crippen MR) is 95.9 cm³/mol. The molecule has 0 aliphatic rings. The van der Waals surface area contributed by atoms with Gasteiger partial charge >= 0.3 is 0 Å². The van der Waals surface area contributed by atoms with Crippen LogP contribution in [-0.2, 0) is 15.5 Å². The summed E-state index contributed by atoms with van der Waals surface area (Å²) < 4.78 is 36.8. The van der Waals surface area contributed by atoms with E-state index in [1.807, 2.05) is 12.1 Å². The van der Waals surface area contributed by atoms with E-state index in [2.05, 4.69) is 26.1 Å². The molecule has 2 aromatic rings. The standard InChI is InChI=1S/C18H21NO5S/c1-18(2,3)13-7-5-12(6-8-13)17(20)19-15-11-14(25(21,22)23)9-10-16(15)24-4/h5-11H,1-4H3,(H,19,20)(H,21,22,23). The van der Waals surface area contributed by atoms with Gasteiger partial charge in [0.15, 0.2) is 0 Å². The van der Waals surface area contributed by atoms with E-state index in [1.165, 1.54) is 19.2 Å². The van der Waals surface area contributed by atoms with Gasteiger partial charge in [-0.1, -0.05) is 32.9 Å². The average molecular weight is 363 g/mol. The van der Waals surface area contributed by atoms with Crippen molar-refractivity contribution >= 4 is 21.7 Å². The summed E-state index contributed by atoms with van der Waals surface area (Å²) in [5.41, 5.74) is 1.65. The summed E-state index contributed by atoms with van der Waals surface area (Å²) in [5.74, 6) is -0.127. The predicted octanol–water partition coefficient (Wildman–Crippen LogP) is 3.49. The van der Waals surface area contributed by atoms with Gasteiger partial charge in [-0.2, -0.15) is 8.42 Å². The largest absolute Gasteiger partial charge is 0.495 e. The Morgan fingerprint density at radius 3 is 2.16 bits per heavy atom. The minimum absolute atomic E-state index is 0.0258. The van der Waals surface area contributed by atoms with E-state index in [0.29, 0.717) is 5.56 Å². The molecule has 2 rings (SSSR count). The Morgan fingerprint density at radius 2 is 1.68 bits per heavy atom. The first-order chi connectivity index (χ1) is 11.5. The van der Waals surface area contributed by atoms with E-state index in [4.69, 9.17) is 9.29 Å². The van der Waals surface area contributed by atoms with Crippen LogP contribution in [0.4, 0.5) is 5.69 Å². The number of nitrogens with one attached hydrogen (secondary N) is 1. The number of rotatable bonds is 4. The zero-order valence-corrected chi connectivity index (χ0v) is 15.3. The molecule has 0 saturated carbocycles. The molecule has 0 bridgehead atoms. The Bertz CT molecular complexity index is 881. The summed E-state index contributed by atoms with van der Waals surface area (Å²) in [6.07, 6.45) is 0. The van der Waals surface area contributed by atoms with Crippen LogP contribution in [0.2, 0.25) is 0 Å². The normalized spacial score (nSPS) is 11.9. The highest BCUT2D eigenvalue weighted by Crippen LogP contribution is 2.28. The number of anilines is 1. The number of carbonyl (C=O) groups excluding carboxylic acids is 1. The molecule has 0 aliphatic heterocycles. The first-order valence-corrected chi connectivity index (χ1v) is 9.04. The lowest BCUT2D eigenvalue weighted by atomic mass is 9.87. The number of hydrogen-bond donors (Lipinski definition) is 2. The zero-order chi connectivity index (χ0) is 18.8. The average Bonchev–Trinajstić information content (AvgIpc) is 2.53. The van der Waals surface area contributed by atoms with Gasteiger partial charge in [0.2, 0.25) is 0 Å². The summed E-state index contributed by atoms with van der Waals surface area (Å²) in [5, 5.41) is 2.61. The summed E-state index contributed by atoms with van der Waals surface area (Å²) in [4.78, 5) is 12.1. The number of methoxy groups -OCH3 is 1. The van der Waals surface area contributed by atoms with Crippen molar-refractivity contribution < 1.29 is 22.5 Å². The number of benzene rings is 2. The molecular formula is C18H21NO5S. The van der Waals surface area contributed by atoms with Crippen molar-refractivity contribution in [3.05, 3.63) is 53.6 Å². The molecule has 0 aliphatic carbocycles. The third kappa shape index (κ3) is 4.58. The van der Waals surface area contributed by atoms with Crippen LogP contribution in [-0.4, -0.2) is 26.0 Å². The molecule has 6 nitrogen and oxygen atoms in total.